The molecule has 0 heterocycles. The lowest BCUT2D eigenvalue weighted by atomic mass is 9.96. The second-order valence-electron chi connectivity index (χ2n) is 7.28. The molecule has 0 fully saturated rings. The zero-order chi connectivity index (χ0) is 19.3. The Balaban J connectivity index is 1.55. The van der Waals surface area contributed by atoms with Gasteiger partial charge in [-0.2, -0.15) is 0 Å². The summed E-state index contributed by atoms with van der Waals surface area (Å²) in [6, 6.07) is 23.7. The van der Waals surface area contributed by atoms with Crippen LogP contribution in [0.5, 0.6) is 0 Å². The quantitative estimate of drug-likeness (QED) is 0.445. The van der Waals surface area contributed by atoms with Crippen molar-refractivity contribution in [3.63, 3.8) is 0 Å². The van der Waals surface area contributed by atoms with Crippen LogP contribution in [0.25, 0.3) is 27.8 Å². The van der Waals surface area contributed by atoms with Crippen molar-refractivity contribution in [3.05, 3.63) is 115 Å². The summed E-state index contributed by atoms with van der Waals surface area (Å²) in [4.78, 5) is 0. The van der Waals surface area contributed by atoms with E-state index in [2.05, 4.69) is 85.8 Å². The van der Waals surface area contributed by atoms with E-state index < -0.39 is 0 Å². The second kappa shape index (κ2) is 8.22. The third-order valence-corrected chi connectivity index (χ3v) is 5.13. The lowest BCUT2D eigenvalue weighted by Crippen LogP contribution is -1.89. The van der Waals surface area contributed by atoms with Gasteiger partial charge in [0, 0.05) is 0 Å². The maximum absolute atomic E-state index is 13.1. The smallest absolute Gasteiger partial charge is 0.123 e. The van der Waals surface area contributed by atoms with Gasteiger partial charge in [-0.25, -0.2) is 4.39 Å². The summed E-state index contributed by atoms with van der Waals surface area (Å²) < 4.78 is 13.1. The Kier molecular flexibility index (Phi) is 5.34. The molecule has 1 aliphatic carbocycles. The molecule has 1 unspecified atom stereocenters. The first kappa shape index (κ1) is 18.2. The van der Waals surface area contributed by atoms with Crippen molar-refractivity contribution in [3.8, 4) is 22.3 Å². The SMILES string of the molecule is CC1\C=C/C=C(c2ccc(-c3ccc(-c4ccc(F)cc4)cc3)cc2)\C=C\C1. The van der Waals surface area contributed by atoms with E-state index in [4.69, 9.17) is 0 Å². The summed E-state index contributed by atoms with van der Waals surface area (Å²) in [6.45, 7) is 2.23. The maximum atomic E-state index is 13.1. The van der Waals surface area contributed by atoms with Crippen LogP contribution in [0.2, 0.25) is 0 Å². The van der Waals surface area contributed by atoms with E-state index >= 15 is 0 Å². The Morgan fingerprint density at radius 2 is 1.14 bits per heavy atom. The van der Waals surface area contributed by atoms with Crippen molar-refractivity contribution in [2.24, 2.45) is 5.92 Å². The summed E-state index contributed by atoms with van der Waals surface area (Å²) in [5.74, 6) is 0.383. The van der Waals surface area contributed by atoms with Gasteiger partial charge in [0.25, 0.3) is 0 Å². The maximum Gasteiger partial charge on any atom is 0.123 e. The van der Waals surface area contributed by atoms with Crippen LogP contribution in [0.3, 0.4) is 0 Å². The Morgan fingerprint density at radius 1 is 0.679 bits per heavy atom. The minimum absolute atomic E-state index is 0.209. The number of allylic oxidation sites excluding steroid dienone is 6. The summed E-state index contributed by atoms with van der Waals surface area (Å²) in [5.41, 5.74) is 6.94. The Labute approximate surface area is 166 Å². The van der Waals surface area contributed by atoms with Crippen molar-refractivity contribution in [1.82, 2.24) is 0 Å². The topological polar surface area (TPSA) is 0 Å². The van der Waals surface area contributed by atoms with E-state index in [-0.39, 0.29) is 5.82 Å². The summed E-state index contributed by atoms with van der Waals surface area (Å²) in [5, 5.41) is 0. The van der Waals surface area contributed by atoms with E-state index in [1.165, 1.54) is 34.4 Å². The zero-order valence-electron chi connectivity index (χ0n) is 16.0. The van der Waals surface area contributed by atoms with E-state index in [0.717, 1.165) is 17.5 Å². The van der Waals surface area contributed by atoms with Gasteiger partial charge in [0.15, 0.2) is 0 Å². The predicted octanol–water partition coefficient (Wildman–Crippen LogP) is 7.70. The Hall–Kier alpha value is -3.19. The fourth-order valence-corrected chi connectivity index (χ4v) is 3.44. The molecule has 28 heavy (non-hydrogen) atoms. The number of rotatable bonds is 3. The summed E-state index contributed by atoms with van der Waals surface area (Å²) >= 11 is 0. The van der Waals surface area contributed by atoms with Crippen LogP contribution in [-0.4, -0.2) is 0 Å². The minimum atomic E-state index is -0.209. The van der Waals surface area contributed by atoms with Crippen LogP contribution < -0.4 is 0 Å². The van der Waals surface area contributed by atoms with E-state index in [0.29, 0.717) is 5.92 Å². The lowest BCUT2D eigenvalue weighted by molar-refractivity contribution is 0.628. The van der Waals surface area contributed by atoms with Crippen molar-refractivity contribution < 1.29 is 4.39 Å². The molecule has 0 aromatic heterocycles. The molecule has 1 atom stereocenters. The molecule has 0 aliphatic heterocycles. The number of hydrogen-bond acceptors (Lipinski definition) is 0. The standard InChI is InChI=1S/C27H23F/c1-20-4-2-6-21(7-3-5-20)22-8-10-23(11-9-22)24-12-14-25(15-13-24)26-16-18-27(28)19-17-26/h2-4,6-20H,5H2,1H3/b4-2-,7-3+,21-6+. The van der Waals surface area contributed by atoms with Gasteiger partial charge in [0.1, 0.15) is 5.82 Å². The van der Waals surface area contributed by atoms with Crippen LogP contribution in [-0.2, 0) is 0 Å². The molecule has 0 radical (unpaired) electrons. The first-order valence-corrected chi connectivity index (χ1v) is 9.71. The molecule has 3 aromatic rings. The van der Waals surface area contributed by atoms with Gasteiger partial charge in [0.05, 0.1) is 0 Å². The van der Waals surface area contributed by atoms with Gasteiger partial charge < -0.3 is 0 Å². The van der Waals surface area contributed by atoms with Crippen molar-refractivity contribution in [2.75, 3.05) is 0 Å². The minimum Gasteiger partial charge on any atom is -0.207 e. The van der Waals surface area contributed by atoms with Gasteiger partial charge in [-0.1, -0.05) is 98.0 Å². The average Bonchev–Trinajstić information content (AvgIpc) is 2.72. The van der Waals surface area contributed by atoms with Crippen molar-refractivity contribution in [1.29, 1.82) is 0 Å². The van der Waals surface area contributed by atoms with Gasteiger partial charge in [0.2, 0.25) is 0 Å². The van der Waals surface area contributed by atoms with Crippen LogP contribution in [0.1, 0.15) is 18.9 Å². The van der Waals surface area contributed by atoms with E-state index in [1.54, 1.807) is 0 Å². The van der Waals surface area contributed by atoms with E-state index in [1.807, 2.05) is 12.1 Å². The first-order valence-electron chi connectivity index (χ1n) is 9.71. The first-order chi connectivity index (χ1) is 13.7. The molecule has 1 heteroatoms. The fourth-order valence-electron chi connectivity index (χ4n) is 3.44. The highest BCUT2D eigenvalue weighted by molar-refractivity contribution is 5.77. The van der Waals surface area contributed by atoms with Crippen LogP contribution in [0.15, 0.2) is 103 Å². The molecule has 1 aliphatic rings. The molecule has 0 saturated carbocycles. The predicted molar refractivity (Wildman–Crippen MR) is 117 cm³/mol. The highest BCUT2D eigenvalue weighted by Gasteiger charge is 2.04. The molecular weight excluding hydrogens is 343 g/mol. The highest BCUT2D eigenvalue weighted by atomic mass is 19.1. The third-order valence-electron chi connectivity index (χ3n) is 5.13. The molecule has 0 N–H and O–H groups in total. The average molecular weight is 366 g/mol. The van der Waals surface area contributed by atoms with Crippen LogP contribution in [0.4, 0.5) is 4.39 Å². The van der Waals surface area contributed by atoms with Crippen molar-refractivity contribution in [2.45, 2.75) is 13.3 Å². The van der Waals surface area contributed by atoms with Crippen LogP contribution >= 0.6 is 0 Å². The molecule has 0 saturated heterocycles. The molecule has 4 rings (SSSR count). The third kappa shape index (κ3) is 4.20. The molecular formula is C27H23F. The molecule has 0 amide bonds. The number of hydrogen-bond donors (Lipinski definition) is 0. The fraction of sp³-hybridized carbons (Fsp3) is 0.111. The summed E-state index contributed by atoms with van der Waals surface area (Å²) in [6.07, 6.45) is 12.1. The molecule has 0 nitrogen and oxygen atoms in total. The van der Waals surface area contributed by atoms with E-state index in [9.17, 15) is 4.39 Å². The monoisotopic (exact) mass is 366 g/mol. The molecule has 138 valence electrons. The van der Waals surface area contributed by atoms with Gasteiger partial charge in [-0.05, 0) is 57.9 Å². The Bertz CT molecular complexity index is 1020. The highest BCUT2D eigenvalue weighted by Crippen LogP contribution is 2.27. The second-order valence-corrected chi connectivity index (χ2v) is 7.28. The number of halogens is 1. The Morgan fingerprint density at radius 3 is 1.68 bits per heavy atom. The van der Waals surface area contributed by atoms with Gasteiger partial charge >= 0.3 is 0 Å². The lowest BCUT2D eigenvalue weighted by Gasteiger charge is -2.09. The molecule has 3 aromatic carbocycles. The zero-order valence-corrected chi connectivity index (χ0v) is 16.0. The van der Waals surface area contributed by atoms with Crippen LogP contribution in [0, 0.1) is 11.7 Å². The summed E-state index contributed by atoms with van der Waals surface area (Å²) in [7, 11) is 0. The largest absolute Gasteiger partial charge is 0.207 e. The molecule has 0 bridgehead atoms. The van der Waals surface area contributed by atoms with Crippen molar-refractivity contribution >= 4 is 5.57 Å². The van der Waals surface area contributed by atoms with Gasteiger partial charge in [-0.15, -0.1) is 0 Å². The number of benzene rings is 3. The van der Waals surface area contributed by atoms with Gasteiger partial charge in [-0.3, -0.25) is 0 Å². The normalized spacial score (nSPS) is 20.5. The molecule has 0 spiro atoms.